The van der Waals surface area contributed by atoms with Crippen molar-refractivity contribution in [2.75, 3.05) is 6.61 Å². The van der Waals surface area contributed by atoms with Crippen molar-refractivity contribution in [3.05, 3.63) is 0 Å². The van der Waals surface area contributed by atoms with E-state index >= 15 is 0 Å². The molecule has 1 rings (SSSR count). The average Bonchev–Trinajstić information content (AvgIpc) is 2.21. The van der Waals surface area contributed by atoms with Crippen molar-refractivity contribution in [3.8, 4) is 0 Å². The third kappa shape index (κ3) is 2.86. The SMILES string of the molecule is O=P(O)(O)O[C@@]1(CO)OC(O)(F)[C@H](O)[C@@H](O)[C@@H]1O. The van der Waals surface area contributed by atoms with Crippen LogP contribution in [0.3, 0.4) is 0 Å². The minimum atomic E-state index is -5.37. The van der Waals surface area contributed by atoms with Crippen LogP contribution in [0.5, 0.6) is 0 Å². The number of phosphoric acid groups is 1. The van der Waals surface area contributed by atoms with Crippen LogP contribution >= 0.6 is 7.82 Å². The molecule has 5 atom stereocenters. The average molecular weight is 294 g/mol. The second-order valence-electron chi connectivity index (χ2n) is 3.64. The van der Waals surface area contributed by atoms with Gasteiger partial charge < -0.3 is 35.3 Å². The summed E-state index contributed by atoms with van der Waals surface area (Å²) in [7, 11) is -5.37. The van der Waals surface area contributed by atoms with E-state index in [0.29, 0.717) is 0 Å². The Morgan fingerprint density at radius 1 is 1.28 bits per heavy atom. The summed E-state index contributed by atoms with van der Waals surface area (Å²) in [4.78, 5) is 17.1. The molecule has 18 heavy (non-hydrogen) atoms. The Hall–Kier alpha value is -0.200. The van der Waals surface area contributed by atoms with Gasteiger partial charge in [-0.15, -0.1) is 0 Å². The van der Waals surface area contributed by atoms with Gasteiger partial charge in [-0.25, -0.2) is 9.09 Å². The maximum atomic E-state index is 13.3. The fourth-order valence-corrected chi connectivity index (χ4v) is 2.04. The number of phosphoric ester groups is 1. The van der Waals surface area contributed by atoms with E-state index in [1.54, 1.807) is 0 Å². The summed E-state index contributed by atoms with van der Waals surface area (Å²) < 4.78 is 31.7. The normalized spacial score (nSPS) is 46.1. The van der Waals surface area contributed by atoms with Crippen LogP contribution in [0.1, 0.15) is 0 Å². The molecule has 0 aliphatic carbocycles. The van der Waals surface area contributed by atoms with Crippen LogP contribution in [0.15, 0.2) is 0 Å². The standard InChI is InChI=1S/C6H12FO10P/c7-6(12)4(11)2(9)3(10)5(1-8,16-6)17-18(13,14)15/h2-4,8-12H,1H2,(H2,13,14,15)/t2-,3-,4+,5+,6?/m0/s1. The Bertz CT molecular complexity index is 356. The Balaban J connectivity index is 3.14. The lowest BCUT2D eigenvalue weighted by Crippen LogP contribution is -2.70. The molecular weight excluding hydrogens is 282 g/mol. The van der Waals surface area contributed by atoms with E-state index in [1.807, 2.05) is 0 Å². The van der Waals surface area contributed by atoms with E-state index < -0.39 is 44.6 Å². The highest BCUT2D eigenvalue weighted by molar-refractivity contribution is 7.46. The molecule has 1 saturated heterocycles. The molecule has 7 N–H and O–H groups in total. The summed E-state index contributed by atoms with van der Waals surface area (Å²) in [6, 6.07) is -3.99. The van der Waals surface area contributed by atoms with Gasteiger partial charge in [0.2, 0.25) is 5.79 Å². The van der Waals surface area contributed by atoms with Gasteiger partial charge in [-0.05, 0) is 0 Å². The van der Waals surface area contributed by atoms with Gasteiger partial charge >= 0.3 is 13.9 Å². The number of halogens is 1. The molecule has 1 heterocycles. The van der Waals surface area contributed by atoms with Gasteiger partial charge in [0.05, 0.1) is 0 Å². The predicted octanol–water partition coefficient (Wildman–Crippen LogP) is -3.49. The van der Waals surface area contributed by atoms with Crippen LogP contribution in [-0.4, -0.2) is 72.1 Å². The van der Waals surface area contributed by atoms with Crippen LogP contribution in [0.25, 0.3) is 0 Å². The van der Waals surface area contributed by atoms with E-state index in [0.717, 1.165) is 0 Å². The topological polar surface area (TPSA) is 177 Å². The number of aliphatic hydroxyl groups is 5. The van der Waals surface area contributed by atoms with Gasteiger partial charge in [0.1, 0.15) is 18.8 Å². The van der Waals surface area contributed by atoms with Crippen molar-refractivity contribution in [1.29, 1.82) is 0 Å². The maximum Gasteiger partial charge on any atom is 0.472 e. The van der Waals surface area contributed by atoms with E-state index in [4.69, 9.17) is 25.1 Å². The maximum absolute atomic E-state index is 13.3. The molecule has 10 nitrogen and oxygen atoms in total. The molecule has 12 heteroatoms. The molecule has 0 aromatic rings. The highest BCUT2D eigenvalue weighted by Crippen LogP contribution is 2.47. The first kappa shape index (κ1) is 15.9. The highest BCUT2D eigenvalue weighted by atomic mass is 31.2. The summed E-state index contributed by atoms with van der Waals surface area (Å²) in [6.07, 6.45) is -7.49. The van der Waals surface area contributed by atoms with Crippen molar-refractivity contribution in [2.24, 2.45) is 0 Å². The van der Waals surface area contributed by atoms with Gasteiger partial charge in [-0.2, -0.15) is 4.39 Å². The predicted molar refractivity (Wildman–Crippen MR) is 48.1 cm³/mol. The summed E-state index contributed by atoms with van der Waals surface area (Å²) >= 11 is 0. The number of hydrogen-bond acceptors (Lipinski definition) is 8. The van der Waals surface area contributed by atoms with E-state index in [2.05, 4.69) is 9.26 Å². The Morgan fingerprint density at radius 3 is 2.17 bits per heavy atom. The Kier molecular flexibility index (Phi) is 4.16. The van der Waals surface area contributed by atoms with Crippen molar-refractivity contribution in [3.63, 3.8) is 0 Å². The second kappa shape index (κ2) is 4.72. The third-order valence-corrected chi connectivity index (χ3v) is 2.82. The fourth-order valence-electron chi connectivity index (χ4n) is 1.44. The lowest BCUT2D eigenvalue weighted by Gasteiger charge is -2.47. The Labute approximate surface area is 99.1 Å². The fraction of sp³-hybridized carbons (Fsp3) is 1.00. The summed E-state index contributed by atoms with van der Waals surface area (Å²) in [5.74, 6) is -3.14. The molecule has 1 unspecified atom stereocenters. The lowest BCUT2D eigenvalue weighted by molar-refractivity contribution is -0.466. The third-order valence-electron chi connectivity index (χ3n) is 2.27. The second-order valence-corrected chi connectivity index (χ2v) is 4.81. The molecule has 1 aliphatic heterocycles. The minimum absolute atomic E-state index is 1.52. The van der Waals surface area contributed by atoms with Gasteiger partial charge in [0.15, 0.2) is 6.10 Å². The van der Waals surface area contributed by atoms with E-state index in [1.165, 1.54) is 0 Å². The molecule has 108 valence electrons. The minimum Gasteiger partial charge on any atom is -0.391 e. The van der Waals surface area contributed by atoms with Crippen LogP contribution < -0.4 is 0 Å². The zero-order valence-electron chi connectivity index (χ0n) is 8.62. The molecular formula is C6H12FO10P. The molecule has 0 radical (unpaired) electrons. The number of aliphatic hydroxyl groups excluding tert-OH is 4. The monoisotopic (exact) mass is 294 g/mol. The molecule has 0 bridgehead atoms. The van der Waals surface area contributed by atoms with E-state index in [9.17, 15) is 19.2 Å². The Morgan fingerprint density at radius 2 is 1.78 bits per heavy atom. The van der Waals surface area contributed by atoms with Gasteiger partial charge in [0, 0.05) is 0 Å². The number of hydrogen-bond donors (Lipinski definition) is 7. The largest absolute Gasteiger partial charge is 0.472 e. The van der Waals surface area contributed by atoms with Crippen LogP contribution in [0.4, 0.5) is 4.39 Å². The zero-order valence-corrected chi connectivity index (χ0v) is 9.51. The number of alkyl halides is 1. The van der Waals surface area contributed by atoms with Crippen molar-refractivity contribution < 1.29 is 53.5 Å². The van der Waals surface area contributed by atoms with E-state index in [-0.39, 0.29) is 0 Å². The van der Waals surface area contributed by atoms with Crippen LogP contribution in [-0.2, 0) is 13.8 Å². The summed E-state index contributed by atoms with van der Waals surface area (Å²) in [5, 5.41) is 45.5. The van der Waals surface area contributed by atoms with Gasteiger partial charge in [-0.1, -0.05) is 0 Å². The van der Waals surface area contributed by atoms with Crippen LogP contribution in [0.2, 0.25) is 0 Å². The number of ether oxygens (including phenoxy) is 1. The molecule has 1 fully saturated rings. The molecule has 1 aliphatic rings. The molecule has 0 amide bonds. The first-order chi connectivity index (χ1) is 7.95. The van der Waals surface area contributed by atoms with Crippen LogP contribution in [0, 0.1) is 0 Å². The van der Waals surface area contributed by atoms with Gasteiger partial charge in [-0.3, -0.25) is 4.74 Å². The van der Waals surface area contributed by atoms with Crippen molar-refractivity contribution in [2.45, 2.75) is 30.1 Å². The first-order valence-corrected chi connectivity index (χ1v) is 6.01. The summed E-state index contributed by atoms with van der Waals surface area (Å²) in [6.45, 7) is -1.52. The molecule has 0 aromatic carbocycles. The summed E-state index contributed by atoms with van der Waals surface area (Å²) in [5.41, 5.74) is 0. The molecule has 0 spiro atoms. The van der Waals surface area contributed by atoms with Crippen molar-refractivity contribution >= 4 is 7.82 Å². The lowest BCUT2D eigenvalue weighted by atomic mass is 9.96. The smallest absolute Gasteiger partial charge is 0.391 e. The van der Waals surface area contributed by atoms with Gasteiger partial charge in [0.25, 0.3) is 0 Å². The molecule has 0 aromatic heterocycles. The first-order valence-electron chi connectivity index (χ1n) is 4.48. The number of rotatable bonds is 3. The highest BCUT2D eigenvalue weighted by Gasteiger charge is 2.63. The zero-order chi connectivity index (χ0) is 14.4. The molecule has 0 saturated carbocycles. The van der Waals surface area contributed by atoms with Crippen molar-refractivity contribution in [1.82, 2.24) is 0 Å². The quantitative estimate of drug-likeness (QED) is 0.258.